The van der Waals surface area contributed by atoms with Crippen molar-refractivity contribution in [2.75, 3.05) is 0 Å². The maximum atomic E-state index is 12.9. The number of hydrogen-bond donors (Lipinski definition) is 1. The Hall–Kier alpha value is -1.04. The van der Waals surface area contributed by atoms with Gasteiger partial charge in [0.15, 0.2) is 0 Å². The highest BCUT2D eigenvalue weighted by Gasteiger charge is 2.65. The van der Waals surface area contributed by atoms with Crippen molar-refractivity contribution in [2.24, 2.45) is 5.73 Å². The van der Waals surface area contributed by atoms with Crippen LogP contribution in [-0.4, -0.2) is 15.7 Å². The summed E-state index contributed by atoms with van der Waals surface area (Å²) in [4.78, 5) is 3.79. The van der Waals surface area contributed by atoms with Crippen LogP contribution in [0.15, 0.2) is 12.5 Å². The molecule has 1 fully saturated rings. The molecule has 90 valence electrons. The van der Waals surface area contributed by atoms with Gasteiger partial charge in [0.1, 0.15) is 5.54 Å². The molecule has 0 atom stereocenters. The Bertz CT molecular complexity index is 396. The number of rotatable bonds is 2. The van der Waals surface area contributed by atoms with E-state index < -0.39 is 17.3 Å². The van der Waals surface area contributed by atoms with Gasteiger partial charge in [-0.1, -0.05) is 0 Å². The van der Waals surface area contributed by atoms with Gasteiger partial charge in [-0.2, -0.15) is 13.2 Å². The van der Waals surface area contributed by atoms with E-state index in [4.69, 9.17) is 5.73 Å². The van der Waals surface area contributed by atoms with Crippen LogP contribution in [0.3, 0.4) is 0 Å². The summed E-state index contributed by atoms with van der Waals surface area (Å²) in [5.41, 5.74) is 3.67. The lowest BCUT2D eigenvalue weighted by Crippen LogP contribution is -2.40. The molecule has 2 N–H and O–H groups in total. The van der Waals surface area contributed by atoms with E-state index in [1.54, 1.807) is 13.8 Å². The van der Waals surface area contributed by atoms with Gasteiger partial charge in [-0.05, 0) is 26.7 Å². The van der Waals surface area contributed by atoms with Crippen molar-refractivity contribution < 1.29 is 13.2 Å². The van der Waals surface area contributed by atoms with Crippen LogP contribution >= 0.6 is 0 Å². The van der Waals surface area contributed by atoms with Crippen molar-refractivity contribution >= 4 is 0 Å². The predicted molar refractivity (Wildman–Crippen MR) is 52.7 cm³/mol. The van der Waals surface area contributed by atoms with E-state index in [-0.39, 0.29) is 12.8 Å². The minimum atomic E-state index is -4.24. The summed E-state index contributed by atoms with van der Waals surface area (Å²) in [5, 5.41) is 0. The molecule has 0 saturated heterocycles. The van der Waals surface area contributed by atoms with Crippen LogP contribution in [-0.2, 0) is 11.1 Å². The Balaban J connectivity index is 2.47. The van der Waals surface area contributed by atoms with E-state index in [1.165, 1.54) is 17.1 Å². The van der Waals surface area contributed by atoms with Crippen LogP contribution in [0, 0.1) is 0 Å². The number of aromatic nitrogens is 2. The normalized spacial score (nSPS) is 19.9. The molecule has 1 aliphatic carbocycles. The third kappa shape index (κ3) is 1.52. The molecule has 1 aliphatic rings. The summed E-state index contributed by atoms with van der Waals surface area (Å²) in [7, 11) is 0. The molecule has 1 saturated carbocycles. The van der Waals surface area contributed by atoms with Gasteiger partial charge in [-0.3, -0.25) is 0 Å². The van der Waals surface area contributed by atoms with E-state index >= 15 is 0 Å². The largest absolute Gasteiger partial charge is 0.411 e. The van der Waals surface area contributed by atoms with E-state index in [9.17, 15) is 13.2 Å². The Kier molecular flexibility index (Phi) is 2.15. The molecule has 3 nitrogen and oxygen atoms in total. The zero-order valence-corrected chi connectivity index (χ0v) is 9.17. The summed E-state index contributed by atoms with van der Waals surface area (Å²) in [6.07, 6.45) is -1.39. The lowest BCUT2D eigenvalue weighted by molar-refractivity contribution is -0.180. The number of nitrogens with two attached hydrogens (primary N) is 1. The van der Waals surface area contributed by atoms with Crippen LogP contribution in [0.25, 0.3) is 0 Å². The maximum absolute atomic E-state index is 12.9. The number of alkyl halides is 3. The molecule has 0 aromatic carbocycles. The monoisotopic (exact) mass is 233 g/mol. The maximum Gasteiger partial charge on any atom is 0.411 e. The zero-order chi connectivity index (χ0) is 12.2. The first-order valence-electron chi connectivity index (χ1n) is 5.07. The molecule has 6 heteroatoms. The summed E-state index contributed by atoms with van der Waals surface area (Å²) in [6, 6.07) is 0. The highest BCUT2D eigenvalue weighted by molar-refractivity contribution is 5.18. The summed E-state index contributed by atoms with van der Waals surface area (Å²) >= 11 is 0. The molecule has 16 heavy (non-hydrogen) atoms. The fourth-order valence-corrected chi connectivity index (χ4v) is 1.89. The molecule has 0 unspecified atom stereocenters. The third-order valence-corrected chi connectivity index (χ3v) is 3.01. The minimum Gasteiger partial charge on any atom is -0.321 e. The molecule has 0 amide bonds. The Labute approximate surface area is 91.5 Å². The number of nitrogens with zero attached hydrogens (tertiary/aromatic N) is 2. The molecule has 0 bridgehead atoms. The molecular weight excluding hydrogens is 219 g/mol. The first kappa shape index (κ1) is 11.4. The molecule has 1 aromatic rings. The van der Waals surface area contributed by atoms with Gasteiger partial charge in [0.25, 0.3) is 0 Å². The van der Waals surface area contributed by atoms with Crippen molar-refractivity contribution in [3.63, 3.8) is 0 Å². The molecule has 0 radical (unpaired) electrons. The Morgan fingerprint density at radius 2 is 1.94 bits per heavy atom. The van der Waals surface area contributed by atoms with Gasteiger partial charge in [0.05, 0.1) is 23.8 Å². The van der Waals surface area contributed by atoms with Crippen LogP contribution in [0.5, 0.6) is 0 Å². The van der Waals surface area contributed by atoms with Gasteiger partial charge in [-0.25, -0.2) is 4.98 Å². The van der Waals surface area contributed by atoms with Crippen molar-refractivity contribution in [3.8, 4) is 0 Å². The standard InChI is InChI=1S/C10H14F3N3/c1-8(2,14)7-5-15-6-16(7)9(3-4-9)10(11,12)13/h5-6H,3-4,14H2,1-2H3. The second kappa shape index (κ2) is 3.00. The average molecular weight is 233 g/mol. The molecule has 0 aliphatic heterocycles. The Morgan fingerprint density at radius 1 is 1.38 bits per heavy atom. The average Bonchev–Trinajstić information content (AvgIpc) is 2.74. The van der Waals surface area contributed by atoms with Crippen molar-refractivity contribution in [2.45, 2.75) is 43.9 Å². The SMILES string of the molecule is CC(C)(N)c1cncn1C1(C(F)(F)F)CC1. The Morgan fingerprint density at radius 3 is 2.31 bits per heavy atom. The lowest BCUT2D eigenvalue weighted by atomic mass is 10.0. The fourth-order valence-electron chi connectivity index (χ4n) is 1.89. The zero-order valence-electron chi connectivity index (χ0n) is 9.17. The fraction of sp³-hybridized carbons (Fsp3) is 0.700. The molecule has 0 spiro atoms. The second-order valence-electron chi connectivity index (χ2n) is 4.90. The molecule has 1 heterocycles. The van der Waals surface area contributed by atoms with Crippen molar-refractivity contribution in [1.82, 2.24) is 9.55 Å². The number of halogens is 3. The van der Waals surface area contributed by atoms with Crippen molar-refractivity contribution in [3.05, 3.63) is 18.2 Å². The predicted octanol–water partition coefficient (Wildman–Crippen LogP) is 2.13. The molecular formula is C10H14F3N3. The first-order chi connectivity index (χ1) is 7.18. The third-order valence-electron chi connectivity index (χ3n) is 3.01. The minimum absolute atomic E-state index is 0.107. The molecule has 2 rings (SSSR count). The van der Waals surface area contributed by atoms with Gasteiger partial charge in [0.2, 0.25) is 0 Å². The quantitative estimate of drug-likeness (QED) is 0.850. The number of imidazole rings is 1. The van der Waals surface area contributed by atoms with E-state index in [1.807, 2.05) is 0 Å². The van der Waals surface area contributed by atoms with Crippen LogP contribution in [0.1, 0.15) is 32.4 Å². The van der Waals surface area contributed by atoms with Gasteiger partial charge < -0.3 is 10.3 Å². The smallest absolute Gasteiger partial charge is 0.321 e. The second-order valence-corrected chi connectivity index (χ2v) is 4.90. The number of hydrogen-bond acceptors (Lipinski definition) is 2. The van der Waals surface area contributed by atoms with Crippen LogP contribution < -0.4 is 5.73 Å². The first-order valence-corrected chi connectivity index (χ1v) is 5.07. The van der Waals surface area contributed by atoms with Gasteiger partial charge in [0, 0.05) is 0 Å². The van der Waals surface area contributed by atoms with E-state index in [0.717, 1.165) is 0 Å². The van der Waals surface area contributed by atoms with Crippen LogP contribution in [0.4, 0.5) is 13.2 Å². The summed E-state index contributed by atoms with van der Waals surface area (Å²) in [6.45, 7) is 3.35. The highest BCUT2D eigenvalue weighted by Crippen LogP contribution is 2.56. The van der Waals surface area contributed by atoms with Gasteiger partial charge >= 0.3 is 6.18 Å². The lowest BCUT2D eigenvalue weighted by Gasteiger charge is -2.28. The van der Waals surface area contributed by atoms with Crippen LogP contribution in [0.2, 0.25) is 0 Å². The molecule has 1 aromatic heterocycles. The topological polar surface area (TPSA) is 43.8 Å². The van der Waals surface area contributed by atoms with E-state index in [0.29, 0.717) is 5.69 Å². The van der Waals surface area contributed by atoms with Crippen molar-refractivity contribution in [1.29, 1.82) is 0 Å². The van der Waals surface area contributed by atoms with Gasteiger partial charge in [-0.15, -0.1) is 0 Å². The van der Waals surface area contributed by atoms with E-state index in [2.05, 4.69) is 4.98 Å². The highest BCUT2D eigenvalue weighted by atomic mass is 19.4. The summed E-state index contributed by atoms with van der Waals surface area (Å²) in [5.74, 6) is 0. The summed E-state index contributed by atoms with van der Waals surface area (Å²) < 4.78 is 40.0.